The number of hydrogen-bond donors (Lipinski definition) is 0. The van der Waals surface area contributed by atoms with E-state index >= 15 is 0 Å². The van der Waals surface area contributed by atoms with Gasteiger partial charge in [0.05, 0.1) is 22.3 Å². The number of rotatable bonds is 6. The van der Waals surface area contributed by atoms with Gasteiger partial charge in [0.2, 0.25) is 5.91 Å². The van der Waals surface area contributed by atoms with Crippen LogP contribution < -0.4 is 0 Å². The fraction of sp³-hybridized carbons (Fsp3) is 0.364. The molecule has 1 atom stereocenters. The second-order valence-corrected chi connectivity index (χ2v) is 8.24. The van der Waals surface area contributed by atoms with E-state index in [1.54, 1.807) is 12.1 Å². The largest absolute Gasteiger partial charge is 0.390 e. The summed E-state index contributed by atoms with van der Waals surface area (Å²) in [4.78, 5) is 20.5. The predicted molar refractivity (Wildman–Crippen MR) is 112 cm³/mol. The van der Waals surface area contributed by atoms with Crippen molar-refractivity contribution in [2.75, 3.05) is 6.54 Å². The van der Waals surface area contributed by atoms with Crippen molar-refractivity contribution in [2.45, 2.75) is 38.3 Å². The summed E-state index contributed by atoms with van der Waals surface area (Å²) in [6.45, 7) is 1.12. The minimum Gasteiger partial charge on any atom is -0.390 e. The van der Waals surface area contributed by atoms with Crippen LogP contribution in [0, 0.1) is 5.92 Å². The average molecular weight is 417 g/mol. The fourth-order valence-electron chi connectivity index (χ4n) is 3.57. The maximum atomic E-state index is 13.0. The van der Waals surface area contributed by atoms with Crippen LogP contribution in [0.5, 0.6) is 0 Å². The molecule has 1 aliphatic carbocycles. The van der Waals surface area contributed by atoms with Gasteiger partial charge >= 0.3 is 0 Å². The number of carbonyl (C=O) groups is 1. The summed E-state index contributed by atoms with van der Waals surface area (Å²) >= 11 is 12.1. The van der Waals surface area contributed by atoms with Crippen LogP contribution in [0.1, 0.15) is 36.8 Å². The van der Waals surface area contributed by atoms with Crippen molar-refractivity contribution in [2.24, 2.45) is 11.1 Å². The maximum Gasteiger partial charge on any atom is 0.226 e. The van der Waals surface area contributed by atoms with E-state index in [2.05, 4.69) is 5.16 Å². The summed E-state index contributed by atoms with van der Waals surface area (Å²) in [6.07, 6.45) is 3.60. The van der Waals surface area contributed by atoms with Gasteiger partial charge in [0.1, 0.15) is 0 Å². The number of benzene rings is 2. The quantitative estimate of drug-likeness (QED) is 0.639. The first kappa shape index (κ1) is 19.3. The Labute approximate surface area is 175 Å². The fourth-order valence-corrected chi connectivity index (χ4v) is 3.87. The van der Waals surface area contributed by atoms with E-state index in [0.717, 1.165) is 36.1 Å². The Bertz CT molecular complexity index is 881. The molecule has 1 aliphatic heterocycles. The number of carbonyl (C=O) groups excluding carboxylic acids is 1. The third-order valence-corrected chi connectivity index (χ3v) is 6.13. The van der Waals surface area contributed by atoms with Crippen molar-refractivity contribution in [1.29, 1.82) is 0 Å². The molecule has 1 fully saturated rings. The smallest absolute Gasteiger partial charge is 0.226 e. The van der Waals surface area contributed by atoms with Gasteiger partial charge in [-0.15, -0.1) is 0 Å². The molecule has 2 aromatic carbocycles. The van der Waals surface area contributed by atoms with Gasteiger partial charge in [0.15, 0.2) is 6.10 Å². The first-order valence-electron chi connectivity index (χ1n) is 9.61. The van der Waals surface area contributed by atoms with Crippen LogP contribution in [0.2, 0.25) is 10.0 Å². The zero-order valence-corrected chi connectivity index (χ0v) is 17.0. The molecule has 0 radical (unpaired) electrons. The molecule has 1 amide bonds. The van der Waals surface area contributed by atoms with E-state index in [4.69, 9.17) is 28.0 Å². The highest BCUT2D eigenvalue weighted by Crippen LogP contribution is 2.30. The first-order chi connectivity index (χ1) is 13.6. The van der Waals surface area contributed by atoms with Gasteiger partial charge in [-0.2, -0.15) is 0 Å². The van der Waals surface area contributed by atoms with Crippen LogP contribution in [0.4, 0.5) is 0 Å². The lowest BCUT2D eigenvalue weighted by molar-refractivity contribution is -0.140. The van der Waals surface area contributed by atoms with E-state index in [-0.39, 0.29) is 17.9 Å². The van der Waals surface area contributed by atoms with Crippen LogP contribution in [0.25, 0.3) is 0 Å². The van der Waals surface area contributed by atoms with Gasteiger partial charge in [-0.3, -0.25) is 4.79 Å². The highest BCUT2D eigenvalue weighted by molar-refractivity contribution is 6.42. The van der Waals surface area contributed by atoms with Gasteiger partial charge in [0.25, 0.3) is 0 Å². The van der Waals surface area contributed by atoms with Gasteiger partial charge < -0.3 is 9.74 Å². The topological polar surface area (TPSA) is 41.9 Å². The lowest BCUT2D eigenvalue weighted by Crippen LogP contribution is -2.42. The molecule has 2 aliphatic rings. The molecule has 0 aromatic heterocycles. The molecular formula is C22H22Cl2N2O2. The van der Waals surface area contributed by atoms with Gasteiger partial charge in [-0.05, 0) is 30.5 Å². The van der Waals surface area contributed by atoms with Crippen molar-refractivity contribution >= 4 is 34.8 Å². The number of amides is 1. The second kappa shape index (κ2) is 8.54. The summed E-state index contributed by atoms with van der Waals surface area (Å²) in [6, 6.07) is 15.5. The summed E-state index contributed by atoms with van der Waals surface area (Å²) in [5.74, 6) is 0.377. The van der Waals surface area contributed by atoms with Gasteiger partial charge in [0, 0.05) is 24.4 Å². The molecule has 146 valence electrons. The van der Waals surface area contributed by atoms with E-state index in [1.165, 1.54) is 0 Å². The number of halogens is 2. The maximum absolute atomic E-state index is 13.0. The standard InChI is InChI=1S/C22H22Cl2N2O2/c23-19-10-9-17(11-20(19)24)21-12-18(28-25-21)14-26(22(27)16-7-4-8-16)13-15-5-2-1-3-6-15/h1-3,5-6,9-11,16,18H,4,7-8,12-14H2/t18-/m0/s1. The van der Waals surface area contributed by atoms with Crippen LogP contribution in [0.15, 0.2) is 53.7 Å². The van der Waals surface area contributed by atoms with Crippen LogP contribution in [-0.4, -0.2) is 29.2 Å². The van der Waals surface area contributed by atoms with Crippen molar-refractivity contribution in [3.05, 3.63) is 69.7 Å². The van der Waals surface area contributed by atoms with Crippen LogP contribution >= 0.6 is 23.2 Å². The zero-order valence-electron chi connectivity index (χ0n) is 15.5. The molecule has 0 unspecified atom stereocenters. The number of nitrogens with zero attached hydrogens (tertiary/aromatic N) is 2. The third-order valence-electron chi connectivity index (χ3n) is 5.39. The second-order valence-electron chi connectivity index (χ2n) is 7.43. The average Bonchev–Trinajstić information content (AvgIpc) is 3.11. The Morgan fingerprint density at radius 3 is 2.57 bits per heavy atom. The molecule has 0 bridgehead atoms. The molecule has 0 spiro atoms. The van der Waals surface area contributed by atoms with E-state index in [9.17, 15) is 4.79 Å². The molecule has 4 nitrogen and oxygen atoms in total. The van der Waals surface area contributed by atoms with Gasteiger partial charge in [-0.1, -0.05) is 71.2 Å². The zero-order chi connectivity index (χ0) is 19.5. The lowest BCUT2D eigenvalue weighted by atomic mass is 9.84. The minimum atomic E-state index is -0.155. The van der Waals surface area contributed by atoms with Crippen LogP contribution in [0.3, 0.4) is 0 Å². The van der Waals surface area contributed by atoms with Gasteiger partial charge in [-0.25, -0.2) is 0 Å². The Morgan fingerprint density at radius 2 is 1.89 bits per heavy atom. The van der Waals surface area contributed by atoms with E-state index < -0.39 is 0 Å². The highest BCUT2D eigenvalue weighted by Gasteiger charge is 2.33. The number of hydrogen-bond acceptors (Lipinski definition) is 3. The monoisotopic (exact) mass is 416 g/mol. The Kier molecular flexibility index (Phi) is 5.88. The van der Waals surface area contributed by atoms with E-state index in [1.807, 2.05) is 41.3 Å². The molecule has 2 aromatic rings. The summed E-state index contributed by atoms with van der Waals surface area (Å²) in [5.41, 5.74) is 2.86. The third kappa shape index (κ3) is 4.34. The molecule has 0 saturated heterocycles. The predicted octanol–water partition coefficient (Wildman–Crippen LogP) is 5.32. The molecule has 0 N–H and O–H groups in total. The molecule has 1 saturated carbocycles. The summed E-state index contributed by atoms with van der Waals surface area (Å²) in [7, 11) is 0. The van der Waals surface area contributed by atoms with Crippen molar-refractivity contribution in [3.63, 3.8) is 0 Å². The Hall–Kier alpha value is -2.04. The first-order valence-corrected chi connectivity index (χ1v) is 10.4. The van der Waals surface area contributed by atoms with E-state index in [0.29, 0.717) is 29.6 Å². The molecule has 1 heterocycles. The Balaban J connectivity index is 1.43. The van der Waals surface area contributed by atoms with Crippen molar-refractivity contribution in [1.82, 2.24) is 4.90 Å². The van der Waals surface area contributed by atoms with Crippen molar-refractivity contribution < 1.29 is 9.63 Å². The summed E-state index contributed by atoms with van der Waals surface area (Å²) in [5, 5.41) is 5.25. The molecule has 6 heteroatoms. The minimum absolute atomic E-state index is 0.153. The molecular weight excluding hydrogens is 395 g/mol. The SMILES string of the molecule is O=C(C1CCC1)N(Cc1ccccc1)C[C@@H]1CC(c2ccc(Cl)c(Cl)c2)=NO1. The van der Waals surface area contributed by atoms with Crippen molar-refractivity contribution in [3.8, 4) is 0 Å². The lowest BCUT2D eigenvalue weighted by Gasteiger charge is -2.32. The normalized spacial score (nSPS) is 18.9. The molecule has 28 heavy (non-hydrogen) atoms. The summed E-state index contributed by atoms with van der Waals surface area (Å²) < 4.78 is 0. The molecule has 4 rings (SSSR count). The number of oxime groups is 1. The van der Waals surface area contributed by atoms with Crippen LogP contribution in [-0.2, 0) is 16.2 Å². The highest BCUT2D eigenvalue weighted by atomic mass is 35.5. The Morgan fingerprint density at radius 1 is 1.11 bits per heavy atom.